The van der Waals surface area contributed by atoms with E-state index in [9.17, 15) is 10.1 Å². The fraction of sp³-hybridized carbons (Fsp3) is 0.472. The van der Waals surface area contributed by atoms with Gasteiger partial charge in [0.2, 0.25) is 0 Å². The molecule has 2 aliphatic rings. The van der Waals surface area contributed by atoms with Gasteiger partial charge in [-0.15, -0.1) is 0 Å². The summed E-state index contributed by atoms with van der Waals surface area (Å²) in [6.45, 7) is 11.0. The number of carbonyl (C=O) groups is 1. The third kappa shape index (κ3) is 6.87. The van der Waals surface area contributed by atoms with Gasteiger partial charge in [-0.1, -0.05) is 23.2 Å². The number of benzene rings is 1. The zero-order chi connectivity index (χ0) is 36.0. The predicted octanol–water partition coefficient (Wildman–Crippen LogP) is 7.97. The lowest BCUT2D eigenvalue weighted by Crippen LogP contribution is -2.69. The van der Waals surface area contributed by atoms with Gasteiger partial charge in [-0.25, -0.2) is 14.5 Å². The first-order valence-electron chi connectivity index (χ1n) is 16.5. The topological polar surface area (TPSA) is 128 Å². The molecule has 0 saturated carbocycles. The van der Waals surface area contributed by atoms with Crippen LogP contribution in [-0.4, -0.2) is 75.7 Å². The Balaban J connectivity index is 1.36. The average molecular weight is 723 g/mol. The number of halogens is 2. The number of pyridine rings is 2. The summed E-state index contributed by atoms with van der Waals surface area (Å²) in [5.74, 6) is 1.50. The van der Waals surface area contributed by atoms with E-state index in [4.69, 9.17) is 52.2 Å². The van der Waals surface area contributed by atoms with Crippen molar-refractivity contribution in [2.45, 2.75) is 77.4 Å². The molecule has 12 nitrogen and oxygen atoms in total. The van der Waals surface area contributed by atoms with Gasteiger partial charge < -0.3 is 28.7 Å². The lowest BCUT2D eigenvalue weighted by atomic mass is 9.90. The van der Waals surface area contributed by atoms with Crippen molar-refractivity contribution in [3.8, 4) is 28.8 Å². The van der Waals surface area contributed by atoms with Crippen molar-refractivity contribution in [2.24, 2.45) is 0 Å². The van der Waals surface area contributed by atoms with Gasteiger partial charge in [0.25, 0.3) is 0 Å². The molecule has 1 aromatic carbocycles. The highest BCUT2D eigenvalue weighted by Crippen LogP contribution is 2.43. The number of ether oxygens (including phenoxy) is 4. The summed E-state index contributed by atoms with van der Waals surface area (Å²) in [5.41, 5.74) is 1.97. The minimum Gasteiger partial charge on any atom is -0.493 e. The molecule has 0 spiro atoms. The molecular weight excluding hydrogens is 681 g/mol. The van der Waals surface area contributed by atoms with Crippen molar-refractivity contribution in [1.82, 2.24) is 24.6 Å². The SMILES string of the molecule is COc1cc2c(cc1O[C@H](C)c1c(Cl)cncc1Cl)c(-c1cnc(N3CC(C)(N(C)C(=O)OC(C)(C)C)C3)c(C#N)c1)nn2C1CCCCO1. The van der Waals surface area contributed by atoms with Crippen molar-refractivity contribution in [2.75, 3.05) is 38.8 Å². The van der Waals surface area contributed by atoms with Gasteiger partial charge >= 0.3 is 6.09 Å². The van der Waals surface area contributed by atoms with E-state index in [0.717, 1.165) is 30.2 Å². The molecule has 0 aliphatic carbocycles. The molecule has 2 saturated heterocycles. The number of fused-ring (bicyclic) bond motifs is 1. The summed E-state index contributed by atoms with van der Waals surface area (Å²) < 4.78 is 25.9. The molecule has 6 rings (SSSR count). The minimum absolute atomic E-state index is 0.270. The van der Waals surface area contributed by atoms with Gasteiger partial charge in [-0.2, -0.15) is 10.4 Å². The summed E-state index contributed by atoms with van der Waals surface area (Å²) >= 11 is 12.9. The van der Waals surface area contributed by atoms with Crippen LogP contribution in [-0.2, 0) is 9.47 Å². The third-order valence-electron chi connectivity index (χ3n) is 9.12. The lowest BCUT2D eigenvalue weighted by molar-refractivity contribution is -0.0365. The first kappa shape index (κ1) is 35.5. The van der Waals surface area contributed by atoms with E-state index >= 15 is 0 Å². The number of likely N-dealkylation sites (N-methyl/N-ethyl adjacent to an activating group) is 1. The Hall–Kier alpha value is -4.31. The second-order valence-corrected chi connectivity index (χ2v) is 14.8. The highest BCUT2D eigenvalue weighted by Gasteiger charge is 2.46. The first-order chi connectivity index (χ1) is 23.7. The predicted molar refractivity (Wildman–Crippen MR) is 191 cm³/mol. The van der Waals surface area contributed by atoms with Crippen LogP contribution in [0.1, 0.15) is 77.3 Å². The Morgan fingerprint density at radius 1 is 1.14 bits per heavy atom. The van der Waals surface area contributed by atoms with Crippen LogP contribution in [0.4, 0.5) is 10.6 Å². The molecule has 2 fully saturated rings. The van der Waals surface area contributed by atoms with Crippen molar-refractivity contribution in [1.29, 1.82) is 5.26 Å². The fourth-order valence-electron chi connectivity index (χ4n) is 6.41. The van der Waals surface area contributed by atoms with E-state index in [1.54, 1.807) is 31.3 Å². The van der Waals surface area contributed by atoms with E-state index in [1.165, 1.54) is 12.4 Å². The average Bonchev–Trinajstić information content (AvgIpc) is 3.43. The van der Waals surface area contributed by atoms with Crippen LogP contribution in [0, 0.1) is 11.3 Å². The molecule has 1 unspecified atom stereocenters. The molecule has 0 N–H and O–H groups in total. The summed E-state index contributed by atoms with van der Waals surface area (Å²) in [5, 5.41) is 16.9. The molecule has 14 heteroatoms. The Kier molecular flexibility index (Phi) is 9.79. The number of aromatic nitrogens is 4. The summed E-state index contributed by atoms with van der Waals surface area (Å²) in [7, 11) is 3.32. The first-order valence-corrected chi connectivity index (χ1v) is 17.3. The van der Waals surface area contributed by atoms with Gasteiger partial charge in [0, 0.05) is 67.9 Å². The van der Waals surface area contributed by atoms with Gasteiger partial charge in [-0.3, -0.25) is 4.98 Å². The van der Waals surface area contributed by atoms with Crippen molar-refractivity contribution >= 4 is 46.0 Å². The second-order valence-electron chi connectivity index (χ2n) is 14.0. The van der Waals surface area contributed by atoms with Gasteiger partial charge in [0.15, 0.2) is 17.7 Å². The quantitative estimate of drug-likeness (QED) is 0.177. The molecule has 264 valence electrons. The van der Waals surface area contributed by atoms with Crippen LogP contribution in [0.2, 0.25) is 10.0 Å². The second kappa shape index (κ2) is 13.8. The summed E-state index contributed by atoms with van der Waals surface area (Å²) in [6.07, 6.45) is 6.38. The van der Waals surface area contributed by atoms with Gasteiger partial charge in [0.1, 0.15) is 29.3 Å². The van der Waals surface area contributed by atoms with Crippen LogP contribution in [0.5, 0.6) is 11.5 Å². The highest BCUT2D eigenvalue weighted by atomic mass is 35.5. The molecule has 0 radical (unpaired) electrons. The lowest BCUT2D eigenvalue weighted by Gasteiger charge is -2.53. The minimum atomic E-state index is -0.603. The maximum absolute atomic E-state index is 12.8. The van der Waals surface area contributed by atoms with E-state index < -0.39 is 23.3 Å². The molecular formula is C36H41Cl2N7O5. The molecule has 50 heavy (non-hydrogen) atoms. The maximum atomic E-state index is 12.8. The Labute approximate surface area is 301 Å². The third-order valence-corrected chi connectivity index (χ3v) is 9.72. The number of rotatable bonds is 8. The van der Waals surface area contributed by atoms with Crippen LogP contribution >= 0.6 is 23.2 Å². The van der Waals surface area contributed by atoms with Gasteiger partial charge in [0.05, 0.1) is 33.8 Å². The zero-order valence-corrected chi connectivity index (χ0v) is 30.8. The highest BCUT2D eigenvalue weighted by molar-refractivity contribution is 6.35. The number of hydrogen-bond donors (Lipinski definition) is 0. The van der Waals surface area contributed by atoms with Crippen molar-refractivity contribution < 1.29 is 23.7 Å². The number of nitriles is 1. The maximum Gasteiger partial charge on any atom is 0.410 e. The van der Waals surface area contributed by atoms with Crippen LogP contribution in [0.25, 0.3) is 22.2 Å². The van der Waals surface area contributed by atoms with Crippen molar-refractivity contribution in [3.05, 3.63) is 58.0 Å². The normalized spacial score (nSPS) is 17.8. The fourth-order valence-corrected chi connectivity index (χ4v) is 7.09. The van der Waals surface area contributed by atoms with E-state index in [0.29, 0.717) is 69.4 Å². The van der Waals surface area contributed by atoms with E-state index in [-0.39, 0.29) is 6.23 Å². The largest absolute Gasteiger partial charge is 0.493 e. The van der Waals surface area contributed by atoms with Crippen molar-refractivity contribution in [3.63, 3.8) is 0 Å². The standard InChI is InChI=1S/C36H41Cl2N7O5/c1-21(31-25(37)17-40-18-26(31)38)49-29-13-24-27(14-28(29)47-7)45(30-10-8-9-11-48-30)42-32(24)23-12-22(15-39)33(41-16-23)44-19-36(5,20-44)43(6)34(46)50-35(2,3)4/h12-14,16-18,21,30H,8-11,19-20H2,1-7H3/t21-,30?/m1/s1. The van der Waals surface area contributed by atoms with Gasteiger partial charge in [-0.05, 0) is 66.0 Å². The number of methoxy groups -OCH3 is 1. The molecule has 5 heterocycles. The molecule has 4 aromatic rings. The monoisotopic (exact) mass is 721 g/mol. The summed E-state index contributed by atoms with van der Waals surface area (Å²) in [4.78, 5) is 25.2. The van der Waals surface area contributed by atoms with Crippen LogP contribution in [0.3, 0.4) is 0 Å². The number of amides is 1. The Morgan fingerprint density at radius 3 is 2.48 bits per heavy atom. The number of carbonyl (C=O) groups excluding carboxylic acids is 1. The summed E-state index contributed by atoms with van der Waals surface area (Å²) in [6, 6.07) is 7.89. The Morgan fingerprint density at radius 2 is 1.86 bits per heavy atom. The van der Waals surface area contributed by atoms with Crippen LogP contribution < -0.4 is 14.4 Å². The smallest absolute Gasteiger partial charge is 0.410 e. The Bertz CT molecular complexity index is 1940. The van der Waals surface area contributed by atoms with E-state index in [2.05, 4.69) is 11.1 Å². The molecule has 2 aliphatic heterocycles. The molecule has 2 atom stereocenters. The zero-order valence-electron chi connectivity index (χ0n) is 29.3. The molecule has 3 aromatic heterocycles. The molecule has 1 amide bonds. The van der Waals surface area contributed by atoms with E-state index in [1.807, 2.05) is 56.3 Å². The van der Waals surface area contributed by atoms with Crippen LogP contribution in [0.15, 0.2) is 36.8 Å². The molecule has 0 bridgehead atoms. The number of hydrogen-bond acceptors (Lipinski definition) is 10. The number of nitrogens with zero attached hydrogens (tertiary/aromatic N) is 7. The number of anilines is 1.